The monoisotopic (exact) mass is 289 g/mol. The Kier molecular flexibility index (Phi) is 3.85. The summed E-state index contributed by atoms with van der Waals surface area (Å²) in [4.78, 5) is 16.3. The van der Waals surface area contributed by atoms with E-state index in [-0.39, 0.29) is 21.8 Å². The summed E-state index contributed by atoms with van der Waals surface area (Å²) in [6.07, 6.45) is 1.36. The second-order valence-corrected chi connectivity index (χ2v) is 4.91. The van der Waals surface area contributed by atoms with Crippen LogP contribution < -0.4 is 5.56 Å². The van der Waals surface area contributed by atoms with Crippen molar-refractivity contribution >= 4 is 24.1 Å². The van der Waals surface area contributed by atoms with Crippen LogP contribution >= 0.6 is 12.2 Å². The lowest BCUT2D eigenvalue weighted by Crippen LogP contribution is -2.25. The summed E-state index contributed by atoms with van der Waals surface area (Å²) in [5.41, 5.74) is 1.53. The minimum Gasteiger partial charge on any atom is -0.494 e. The van der Waals surface area contributed by atoms with E-state index in [9.17, 15) is 9.90 Å². The Morgan fingerprint density at radius 3 is 2.65 bits per heavy atom. The largest absolute Gasteiger partial charge is 0.494 e. The average Bonchev–Trinajstić information content (AvgIpc) is 2.43. The van der Waals surface area contributed by atoms with E-state index in [4.69, 9.17) is 12.2 Å². The lowest BCUT2D eigenvalue weighted by Gasteiger charge is -2.09. The first-order valence-corrected chi connectivity index (χ1v) is 6.42. The van der Waals surface area contributed by atoms with Gasteiger partial charge in [-0.1, -0.05) is 12.1 Å². The van der Waals surface area contributed by atoms with Gasteiger partial charge in [0.05, 0.1) is 5.69 Å². The molecule has 0 bridgehead atoms. The number of aliphatic imine (C=N–C) groups is 1. The lowest BCUT2D eigenvalue weighted by atomic mass is 10.2. The number of hydrogen-bond donors (Lipinski definition) is 1. The van der Waals surface area contributed by atoms with Crippen LogP contribution in [-0.4, -0.2) is 20.5 Å². The Labute approximate surface area is 121 Å². The smallest absolute Gasteiger partial charge is 0.266 e. The first kappa shape index (κ1) is 14.2. The van der Waals surface area contributed by atoms with Crippen molar-refractivity contribution in [3.8, 4) is 5.88 Å². The molecule has 0 fully saturated rings. The molecule has 5 nitrogen and oxygen atoms in total. The molecule has 1 N–H and O–H groups in total. The van der Waals surface area contributed by atoms with Gasteiger partial charge >= 0.3 is 0 Å². The van der Waals surface area contributed by atoms with Gasteiger partial charge < -0.3 is 5.11 Å². The van der Waals surface area contributed by atoms with E-state index in [1.165, 1.54) is 15.3 Å². The van der Waals surface area contributed by atoms with Gasteiger partial charge in [0.1, 0.15) is 5.56 Å². The second-order valence-electron chi connectivity index (χ2n) is 4.54. The van der Waals surface area contributed by atoms with E-state index in [2.05, 4.69) is 4.99 Å². The third-order valence-corrected chi connectivity index (χ3v) is 3.56. The van der Waals surface area contributed by atoms with E-state index < -0.39 is 0 Å². The summed E-state index contributed by atoms with van der Waals surface area (Å²) in [6, 6.07) is 7.56. The van der Waals surface area contributed by atoms with Gasteiger partial charge in [-0.15, -0.1) is 0 Å². The molecular weight excluding hydrogens is 274 g/mol. The van der Waals surface area contributed by atoms with Crippen molar-refractivity contribution in [2.45, 2.75) is 6.92 Å². The van der Waals surface area contributed by atoms with Crippen LogP contribution in [0.5, 0.6) is 5.88 Å². The highest BCUT2D eigenvalue weighted by Crippen LogP contribution is 2.15. The Balaban J connectivity index is 2.55. The molecule has 1 aromatic carbocycles. The normalized spacial score (nSPS) is 11.2. The fraction of sp³-hybridized carbons (Fsp3) is 0.214. The van der Waals surface area contributed by atoms with Crippen molar-refractivity contribution in [3.05, 3.63) is 50.5 Å². The van der Waals surface area contributed by atoms with E-state index >= 15 is 0 Å². The quantitative estimate of drug-likeness (QED) is 0.681. The van der Waals surface area contributed by atoms with Crippen LogP contribution in [0.2, 0.25) is 0 Å². The molecule has 1 aromatic heterocycles. The number of aromatic hydroxyl groups is 1. The van der Waals surface area contributed by atoms with Gasteiger partial charge in [-0.25, -0.2) is 0 Å². The van der Waals surface area contributed by atoms with Crippen LogP contribution in [0, 0.1) is 11.7 Å². The van der Waals surface area contributed by atoms with Gasteiger partial charge in [0.25, 0.3) is 5.56 Å². The fourth-order valence-electron chi connectivity index (χ4n) is 1.82. The molecule has 0 radical (unpaired) electrons. The van der Waals surface area contributed by atoms with Crippen LogP contribution in [0.25, 0.3) is 0 Å². The zero-order valence-corrected chi connectivity index (χ0v) is 12.3. The molecule has 104 valence electrons. The van der Waals surface area contributed by atoms with Crippen LogP contribution in [0.3, 0.4) is 0 Å². The molecule has 2 rings (SSSR count). The van der Waals surface area contributed by atoms with Gasteiger partial charge in [0.15, 0.2) is 4.77 Å². The van der Waals surface area contributed by atoms with E-state index in [0.717, 1.165) is 11.3 Å². The van der Waals surface area contributed by atoms with Crippen molar-refractivity contribution in [2.75, 3.05) is 0 Å². The summed E-state index contributed by atoms with van der Waals surface area (Å²) >= 11 is 5.05. The third-order valence-electron chi connectivity index (χ3n) is 3.01. The number of aromatic nitrogens is 2. The summed E-state index contributed by atoms with van der Waals surface area (Å²) in [5.74, 6) is -0.186. The summed E-state index contributed by atoms with van der Waals surface area (Å²) < 4.78 is 2.92. The summed E-state index contributed by atoms with van der Waals surface area (Å²) in [7, 11) is 3.16. The van der Waals surface area contributed by atoms with Crippen molar-refractivity contribution in [2.24, 2.45) is 19.1 Å². The Morgan fingerprint density at radius 1 is 1.30 bits per heavy atom. The van der Waals surface area contributed by atoms with E-state index in [0.29, 0.717) is 0 Å². The Morgan fingerprint density at radius 2 is 2.00 bits per heavy atom. The van der Waals surface area contributed by atoms with Gasteiger partial charge in [0.2, 0.25) is 5.88 Å². The molecule has 0 aliphatic carbocycles. The first-order valence-electron chi connectivity index (χ1n) is 6.01. The minimum absolute atomic E-state index is 0.116. The minimum atomic E-state index is -0.373. The molecule has 0 unspecified atom stereocenters. The van der Waals surface area contributed by atoms with Gasteiger partial charge in [0, 0.05) is 20.3 Å². The lowest BCUT2D eigenvalue weighted by molar-refractivity contribution is 0.415. The molecule has 0 aliphatic heterocycles. The molecule has 0 spiro atoms. The molecule has 0 aliphatic rings. The van der Waals surface area contributed by atoms with Gasteiger partial charge in [-0.3, -0.25) is 18.9 Å². The maximum atomic E-state index is 12.1. The van der Waals surface area contributed by atoms with E-state index in [1.54, 1.807) is 14.1 Å². The predicted molar refractivity (Wildman–Crippen MR) is 81.6 cm³/mol. The summed E-state index contributed by atoms with van der Waals surface area (Å²) in [6.45, 7) is 1.96. The zero-order valence-electron chi connectivity index (χ0n) is 11.5. The zero-order chi connectivity index (χ0) is 14.9. The molecule has 0 atom stereocenters. The van der Waals surface area contributed by atoms with Crippen LogP contribution in [0.15, 0.2) is 34.1 Å². The number of hydrogen-bond acceptors (Lipinski definition) is 4. The second kappa shape index (κ2) is 5.42. The van der Waals surface area contributed by atoms with Crippen LogP contribution in [-0.2, 0) is 14.1 Å². The maximum Gasteiger partial charge on any atom is 0.266 e. The maximum absolute atomic E-state index is 12.1. The van der Waals surface area contributed by atoms with Gasteiger partial charge in [-0.2, -0.15) is 0 Å². The van der Waals surface area contributed by atoms with Crippen molar-refractivity contribution in [1.82, 2.24) is 9.13 Å². The highest BCUT2D eigenvalue weighted by Gasteiger charge is 2.10. The van der Waals surface area contributed by atoms with Crippen molar-refractivity contribution < 1.29 is 5.11 Å². The van der Waals surface area contributed by atoms with Crippen molar-refractivity contribution in [3.63, 3.8) is 0 Å². The summed E-state index contributed by atoms with van der Waals surface area (Å²) in [5, 5.41) is 10.0. The molecule has 6 heteroatoms. The Hall–Kier alpha value is -2.21. The molecule has 0 saturated heterocycles. The molecule has 20 heavy (non-hydrogen) atoms. The SMILES string of the molecule is Cc1cccc(N=Cc2c(O)n(C)c(=S)n(C)c2=O)c1. The number of benzene rings is 1. The number of aryl methyl sites for hydroxylation is 1. The predicted octanol–water partition coefficient (Wildman–Crippen LogP) is 2.22. The topological polar surface area (TPSA) is 59.5 Å². The van der Waals surface area contributed by atoms with Crippen molar-refractivity contribution in [1.29, 1.82) is 0 Å². The number of rotatable bonds is 2. The first-order chi connectivity index (χ1) is 9.41. The van der Waals surface area contributed by atoms with E-state index in [1.807, 2.05) is 31.2 Å². The number of nitrogens with zero attached hydrogens (tertiary/aromatic N) is 3. The third kappa shape index (κ3) is 2.55. The highest BCUT2D eigenvalue weighted by molar-refractivity contribution is 7.71. The van der Waals surface area contributed by atoms with Crippen LogP contribution in [0.1, 0.15) is 11.1 Å². The molecule has 0 amide bonds. The fourth-order valence-corrected chi connectivity index (χ4v) is 1.99. The average molecular weight is 289 g/mol. The molecular formula is C14H15N3O2S. The molecule has 0 saturated carbocycles. The standard InChI is InChI=1S/C14H15N3O2S/c1-9-5-4-6-10(7-9)15-8-11-12(18)16(2)14(20)17(3)13(11)19/h4-8,18H,1-3H3. The molecule has 1 heterocycles. The highest BCUT2D eigenvalue weighted by atomic mass is 32.1. The van der Waals surface area contributed by atoms with Gasteiger partial charge in [-0.05, 0) is 36.8 Å². The van der Waals surface area contributed by atoms with Crippen LogP contribution in [0.4, 0.5) is 5.69 Å². The Bertz CT molecular complexity index is 803. The molecule has 2 aromatic rings.